The lowest BCUT2D eigenvalue weighted by Crippen LogP contribution is -2.42. The van der Waals surface area contributed by atoms with Gasteiger partial charge in [-0.3, -0.25) is 0 Å². The van der Waals surface area contributed by atoms with Crippen LogP contribution in [0.2, 0.25) is 0 Å². The van der Waals surface area contributed by atoms with Crippen LogP contribution in [0, 0.1) is 12.1 Å². The van der Waals surface area contributed by atoms with E-state index in [0.717, 1.165) is 67.0 Å². The van der Waals surface area contributed by atoms with Gasteiger partial charge >= 0.3 is 6.01 Å². The SMILES string of the molecule is COc1nc2c(c(N3CCCOC[C@H]3C)n1)COC1(CCCc3c#cc(N)cc31)C2. The van der Waals surface area contributed by atoms with Crippen molar-refractivity contribution in [2.75, 3.05) is 37.5 Å². The minimum Gasteiger partial charge on any atom is -0.467 e. The Morgan fingerprint density at radius 1 is 1.30 bits per heavy atom. The first kappa shape index (κ1) is 19.4. The molecular formula is C23H28N4O3. The molecule has 2 N–H and O–H groups in total. The van der Waals surface area contributed by atoms with Gasteiger partial charge in [0.15, 0.2) is 0 Å². The highest BCUT2D eigenvalue weighted by Crippen LogP contribution is 2.46. The maximum Gasteiger partial charge on any atom is 0.318 e. The Morgan fingerprint density at radius 2 is 2.20 bits per heavy atom. The van der Waals surface area contributed by atoms with Gasteiger partial charge in [-0.2, -0.15) is 9.97 Å². The predicted octanol–water partition coefficient (Wildman–Crippen LogP) is 2.59. The first-order valence-corrected chi connectivity index (χ1v) is 10.7. The Hall–Kier alpha value is -2.56. The van der Waals surface area contributed by atoms with Crippen molar-refractivity contribution in [2.45, 2.75) is 57.3 Å². The second-order valence-electron chi connectivity index (χ2n) is 8.49. The van der Waals surface area contributed by atoms with Gasteiger partial charge < -0.3 is 24.8 Å². The largest absolute Gasteiger partial charge is 0.467 e. The molecule has 7 nitrogen and oxygen atoms in total. The van der Waals surface area contributed by atoms with E-state index in [9.17, 15) is 0 Å². The molecule has 1 saturated heterocycles. The molecule has 1 fully saturated rings. The van der Waals surface area contributed by atoms with Crippen molar-refractivity contribution in [3.63, 3.8) is 0 Å². The van der Waals surface area contributed by atoms with Gasteiger partial charge in [0, 0.05) is 30.7 Å². The summed E-state index contributed by atoms with van der Waals surface area (Å²) in [4.78, 5) is 11.8. The highest BCUT2D eigenvalue weighted by atomic mass is 16.5. The summed E-state index contributed by atoms with van der Waals surface area (Å²) in [6.07, 6.45) is 4.61. The summed E-state index contributed by atoms with van der Waals surface area (Å²) in [5.74, 6) is 0.910. The fourth-order valence-corrected chi connectivity index (χ4v) is 4.98. The van der Waals surface area contributed by atoms with Crippen LogP contribution >= 0.6 is 0 Å². The van der Waals surface area contributed by atoms with Crippen molar-refractivity contribution in [2.24, 2.45) is 0 Å². The first-order valence-electron chi connectivity index (χ1n) is 10.7. The standard InChI is InChI=1S/C23H28N4O3/c1-15-13-29-10-4-9-27(15)21-18-14-30-23(12-20(18)25-22(26-21)28-2)8-3-5-16-6-7-17(24)11-19(16)23/h11,15H,3-5,8-10,12-14,24H2,1-2H3/t15-,23?/m1/s1. The average Bonchev–Trinajstić information content (AvgIpc) is 2.97. The molecule has 5 rings (SSSR count). The normalized spacial score (nSPS) is 25.8. The van der Waals surface area contributed by atoms with Crippen LogP contribution in [0.4, 0.5) is 11.5 Å². The molecular weight excluding hydrogens is 380 g/mol. The predicted molar refractivity (Wildman–Crippen MR) is 112 cm³/mol. The Balaban J connectivity index is 1.58. The van der Waals surface area contributed by atoms with Crippen molar-refractivity contribution < 1.29 is 14.2 Å². The molecule has 2 aromatic rings. The van der Waals surface area contributed by atoms with Crippen LogP contribution in [-0.2, 0) is 34.5 Å². The number of hydrogen-bond acceptors (Lipinski definition) is 7. The van der Waals surface area contributed by atoms with Crippen LogP contribution in [-0.4, -0.2) is 42.9 Å². The molecule has 2 aliphatic heterocycles. The number of methoxy groups -OCH3 is 1. The molecule has 7 heteroatoms. The molecule has 1 aliphatic carbocycles. The van der Waals surface area contributed by atoms with Crippen LogP contribution in [0.25, 0.3) is 0 Å². The summed E-state index contributed by atoms with van der Waals surface area (Å²) in [7, 11) is 1.62. The molecule has 0 saturated carbocycles. The quantitative estimate of drug-likeness (QED) is 0.818. The van der Waals surface area contributed by atoms with E-state index in [2.05, 4.69) is 24.0 Å². The van der Waals surface area contributed by atoms with Crippen molar-refractivity contribution in [1.82, 2.24) is 9.97 Å². The van der Waals surface area contributed by atoms with E-state index >= 15 is 0 Å². The summed E-state index contributed by atoms with van der Waals surface area (Å²) >= 11 is 0. The highest BCUT2D eigenvalue weighted by Gasteiger charge is 2.43. The molecule has 0 bridgehead atoms. The summed E-state index contributed by atoms with van der Waals surface area (Å²) in [6.45, 7) is 4.99. The van der Waals surface area contributed by atoms with E-state index in [-0.39, 0.29) is 6.04 Å². The number of anilines is 2. The van der Waals surface area contributed by atoms with Crippen LogP contribution < -0.4 is 15.4 Å². The van der Waals surface area contributed by atoms with Gasteiger partial charge in [-0.05, 0) is 50.3 Å². The molecule has 1 spiro atoms. The zero-order chi connectivity index (χ0) is 20.7. The van der Waals surface area contributed by atoms with Crippen LogP contribution in [0.3, 0.4) is 0 Å². The maximum atomic E-state index is 6.62. The molecule has 2 atom stereocenters. The average molecular weight is 409 g/mol. The third kappa shape index (κ3) is 3.24. The number of nitrogens with two attached hydrogens (primary N) is 1. The van der Waals surface area contributed by atoms with Gasteiger partial charge in [-0.15, -0.1) is 0 Å². The number of nitrogen functional groups attached to an aromatic ring is 1. The van der Waals surface area contributed by atoms with Gasteiger partial charge in [0.25, 0.3) is 0 Å². The van der Waals surface area contributed by atoms with E-state index in [4.69, 9.17) is 29.9 Å². The van der Waals surface area contributed by atoms with E-state index < -0.39 is 5.60 Å². The first-order chi connectivity index (χ1) is 14.6. The van der Waals surface area contributed by atoms with E-state index in [1.807, 2.05) is 6.07 Å². The summed E-state index contributed by atoms with van der Waals surface area (Å²) in [6, 6.07) is 8.89. The van der Waals surface area contributed by atoms with Crippen LogP contribution in [0.5, 0.6) is 6.01 Å². The summed E-state index contributed by atoms with van der Waals surface area (Å²) in [5.41, 5.74) is 10.6. The maximum absolute atomic E-state index is 6.62. The molecule has 3 heterocycles. The third-order valence-corrected chi connectivity index (χ3v) is 6.51. The van der Waals surface area contributed by atoms with Gasteiger partial charge in [-0.25, -0.2) is 0 Å². The lowest BCUT2D eigenvalue weighted by molar-refractivity contribution is -0.0854. The van der Waals surface area contributed by atoms with Gasteiger partial charge in [0.1, 0.15) is 11.4 Å². The topological polar surface area (TPSA) is 82.7 Å². The van der Waals surface area contributed by atoms with Gasteiger partial charge in [0.05, 0.1) is 37.7 Å². The van der Waals surface area contributed by atoms with Gasteiger partial charge in [0.2, 0.25) is 0 Å². The number of ether oxygens (including phenoxy) is 3. The second kappa shape index (κ2) is 7.60. The number of hydrogen-bond donors (Lipinski definition) is 1. The fraction of sp³-hybridized carbons (Fsp3) is 0.565. The Bertz CT molecular complexity index is 950. The number of nitrogens with zero attached hydrogens (tertiary/aromatic N) is 3. The molecule has 0 amide bonds. The van der Waals surface area contributed by atoms with E-state index in [1.165, 1.54) is 0 Å². The molecule has 3 aliphatic rings. The summed E-state index contributed by atoms with van der Waals surface area (Å²) < 4.78 is 17.8. The third-order valence-electron chi connectivity index (χ3n) is 6.51. The van der Waals surface area contributed by atoms with Crippen molar-refractivity contribution in [3.05, 3.63) is 40.6 Å². The molecule has 1 aromatic carbocycles. The van der Waals surface area contributed by atoms with Crippen molar-refractivity contribution in [3.8, 4) is 6.01 Å². The smallest absolute Gasteiger partial charge is 0.318 e. The molecule has 1 aromatic heterocycles. The molecule has 158 valence electrons. The van der Waals surface area contributed by atoms with Gasteiger partial charge in [-0.1, -0.05) is 6.07 Å². The summed E-state index contributed by atoms with van der Waals surface area (Å²) in [5, 5.41) is 0. The lowest BCUT2D eigenvalue weighted by Gasteiger charge is -2.42. The number of fused-ring (bicyclic) bond motifs is 3. The zero-order valence-electron chi connectivity index (χ0n) is 17.7. The van der Waals surface area contributed by atoms with Crippen LogP contribution in [0.15, 0.2) is 6.07 Å². The van der Waals surface area contributed by atoms with Crippen LogP contribution in [0.1, 0.15) is 48.6 Å². The molecule has 0 radical (unpaired) electrons. The highest BCUT2D eigenvalue weighted by molar-refractivity contribution is 5.53. The van der Waals surface area contributed by atoms with Crippen molar-refractivity contribution >= 4 is 11.5 Å². The fourth-order valence-electron chi connectivity index (χ4n) is 4.98. The Morgan fingerprint density at radius 3 is 3.07 bits per heavy atom. The number of rotatable bonds is 2. The second-order valence-corrected chi connectivity index (χ2v) is 8.49. The van der Waals surface area contributed by atoms with E-state index in [1.54, 1.807) is 7.11 Å². The monoisotopic (exact) mass is 408 g/mol. The molecule has 1 unspecified atom stereocenters. The Kier molecular flexibility index (Phi) is 4.92. The minimum absolute atomic E-state index is 0.229. The van der Waals surface area contributed by atoms with Crippen molar-refractivity contribution in [1.29, 1.82) is 0 Å². The minimum atomic E-state index is -0.426. The number of aromatic nitrogens is 2. The van der Waals surface area contributed by atoms with E-state index in [0.29, 0.717) is 31.3 Å². The lowest BCUT2D eigenvalue weighted by atomic mass is 9.75. The Labute approximate surface area is 177 Å². The zero-order valence-corrected chi connectivity index (χ0v) is 17.7. The molecule has 30 heavy (non-hydrogen) atoms.